The Kier molecular flexibility index (Phi) is 6.86. The van der Waals surface area contributed by atoms with Gasteiger partial charge in [-0.15, -0.1) is 12.4 Å². The first kappa shape index (κ1) is 15.2. The van der Waals surface area contributed by atoms with Crippen LogP contribution in [-0.4, -0.2) is 6.04 Å². The van der Waals surface area contributed by atoms with E-state index in [1.54, 1.807) is 0 Å². The first-order chi connectivity index (χ1) is 6.53. The van der Waals surface area contributed by atoms with Crippen LogP contribution in [0.3, 0.4) is 0 Å². The van der Waals surface area contributed by atoms with Crippen LogP contribution >= 0.6 is 12.4 Å². The molecule has 92 valence electrons. The number of halogens is 1. The smallest absolute Gasteiger partial charge is 0.00363 e. The lowest BCUT2D eigenvalue weighted by atomic mass is 9.71. The van der Waals surface area contributed by atoms with E-state index in [9.17, 15) is 0 Å². The summed E-state index contributed by atoms with van der Waals surface area (Å²) >= 11 is 0. The second-order valence-electron chi connectivity index (χ2n) is 5.87. The minimum Gasteiger partial charge on any atom is -0.328 e. The predicted octanol–water partition coefficient (Wildman–Crippen LogP) is 4.14. The Morgan fingerprint density at radius 2 is 2.07 bits per heavy atom. The lowest BCUT2D eigenvalue weighted by Crippen LogP contribution is -2.25. The minimum absolute atomic E-state index is 0. The third-order valence-electron chi connectivity index (χ3n) is 3.78. The van der Waals surface area contributed by atoms with E-state index in [1.165, 1.54) is 38.5 Å². The summed E-state index contributed by atoms with van der Waals surface area (Å²) in [7, 11) is 0. The summed E-state index contributed by atoms with van der Waals surface area (Å²) in [5, 5.41) is 0. The van der Waals surface area contributed by atoms with Crippen LogP contribution in [-0.2, 0) is 0 Å². The van der Waals surface area contributed by atoms with E-state index in [4.69, 9.17) is 5.73 Å². The zero-order chi connectivity index (χ0) is 10.6. The molecule has 0 spiro atoms. The van der Waals surface area contributed by atoms with Crippen LogP contribution in [0.2, 0.25) is 0 Å². The van der Waals surface area contributed by atoms with Crippen molar-refractivity contribution >= 4 is 12.4 Å². The molecule has 2 N–H and O–H groups in total. The topological polar surface area (TPSA) is 26.0 Å². The highest BCUT2D eigenvalue weighted by molar-refractivity contribution is 5.85. The molecule has 0 bridgehead atoms. The highest BCUT2D eigenvalue weighted by Gasteiger charge is 2.27. The predicted molar refractivity (Wildman–Crippen MR) is 70.5 cm³/mol. The molecule has 0 saturated heterocycles. The average molecular weight is 234 g/mol. The summed E-state index contributed by atoms with van der Waals surface area (Å²) in [6.45, 7) is 7.02. The molecule has 1 saturated carbocycles. The lowest BCUT2D eigenvalue weighted by molar-refractivity contribution is 0.169. The highest BCUT2D eigenvalue weighted by Crippen LogP contribution is 2.40. The summed E-state index contributed by atoms with van der Waals surface area (Å²) < 4.78 is 0. The maximum absolute atomic E-state index is 5.96. The lowest BCUT2D eigenvalue weighted by Gasteiger charge is -2.35. The van der Waals surface area contributed by atoms with E-state index in [2.05, 4.69) is 20.8 Å². The zero-order valence-electron chi connectivity index (χ0n) is 10.6. The van der Waals surface area contributed by atoms with Crippen molar-refractivity contribution in [1.29, 1.82) is 0 Å². The minimum atomic E-state index is 0. The molecule has 0 heterocycles. The van der Waals surface area contributed by atoms with E-state index >= 15 is 0 Å². The van der Waals surface area contributed by atoms with Gasteiger partial charge < -0.3 is 5.73 Å². The van der Waals surface area contributed by atoms with Gasteiger partial charge in [0.15, 0.2) is 0 Å². The Labute approximate surface area is 102 Å². The highest BCUT2D eigenvalue weighted by atomic mass is 35.5. The third-order valence-corrected chi connectivity index (χ3v) is 3.78. The molecule has 0 aromatic carbocycles. The molecule has 2 atom stereocenters. The normalized spacial score (nSPS) is 26.8. The van der Waals surface area contributed by atoms with E-state index in [0.29, 0.717) is 11.5 Å². The van der Waals surface area contributed by atoms with Crippen LogP contribution in [0.1, 0.15) is 65.7 Å². The number of hydrogen-bond acceptors (Lipinski definition) is 1. The second kappa shape index (κ2) is 6.75. The first-order valence-electron chi connectivity index (χ1n) is 6.29. The number of nitrogens with two attached hydrogens (primary N) is 1. The van der Waals surface area contributed by atoms with Crippen molar-refractivity contribution in [2.24, 2.45) is 17.1 Å². The fourth-order valence-corrected chi connectivity index (χ4v) is 2.76. The first-order valence-corrected chi connectivity index (χ1v) is 6.29. The molecule has 1 nitrogen and oxygen atoms in total. The molecular weight excluding hydrogens is 206 g/mol. The monoisotopic (exact) mass is 233 g/mol. The van der Waals surface area contributed by atoms with Gasteiger partial charge in [-0.1, -0.05) is 33.6 Å². The Bertz CT molecular complexity index is 168. The fraction of sp³-hybridized carbons (Fsp3) is 1.00. The van der Waals surface area contributed by atoms with Gasteiger partial charge in [0.1, 0.15) is 0 Å². The Hall–Kier alpha value is 0.250. The molecule has 15 heavy (non-hydrogen) atoms. The van der Waals surface area contributed by atoms with Crippen molar-refractivity contribution in [2.75, 3.05) is 0 Å². The van der Waals surface area contributed by atoms with Crippen LogP contribution < -0.4 is 5.73 Å². The number of hydrogen-bond donors (Lipinski definition) is 1. The van der Waals surface area contributed by atoms with Crippen LogP contribution in [0.25, 0.3) is 0 Å². The molecule has 2 heteroatoms. The molecule has 2 unspecified atom stereocenters. The molecule has 1 aliphatic carbocycles. The van der Waals surface area contributed by atoms with Crippen molar-refractivity contribution in [3.8, 4) is 0 Å². The van der Waals surface area contributed by atoms with Crippen LogP contribution in [0, 0.1) is 11.3 Å². The third kappa shape index (κ3) is 5.77. The molecule has 0 aromatic rings. The number of rotatable bonds is 4. The second-order valence-corrected chi connectivity index (χ2v) is 5.87. The fourth-order valence-electron chi connectivity index (χ4n) is 2.76. The van der Waals surface area contributed by atoms with Gasteiger partial charge >= 0.3 is 0 Å². The van der Waals surface area contributed by atoms with Crippen molar-refractivity contribution in [2.45, 2.75) is 71.8 Å². The molecule has 0 amide bonds. The molecular formula is C13H28ClN. The van der Waals surface area contributed by atoms with Crippen molar-refractivity contribution in [3.63, 3.8) is 0 Å². The van der Waals surface area contributed by atoms with Gasteiger partial charge in [0, 0.05) is 6.04 Å². The largest absolute Gasteiger partial charge is 0.328 e. The summed E-state index contributed by atoms with van der Waals surface area (Å²) in [6.07, 6.45) is 9.44. The maximum atomic E-state index is 5.96. The van der Waals surface area contributed by atoms with E-state index in [-0.39, 0.29) is 12.4 Å². The van der Waals surface area contributed by atoms with Crippen molar-refractivity contribution in [3.05, 3.63) is 0 Å². The molecule has 0 aliphatic heterocycles. The summed E-state index contributed by atoms with van der Waals surface area (Å²) in [5.41, 5.74) is 6.55. The zero-order valence-corrected chi connectivity index (χ0v) is 11.4. The van der Waals surface area contributed by atoms with Crippen molar-refractivity contribution < 1.29 is 0 Å². The molecule has 1 aliphatic rings. The van der Waals surface area contributed by atoms with E-state index in [1.807, 2.05) is 0 Å². The van der Waals surface area contributed by atoms with Gasteiger partial charge in [0.05, 0.1) is 0 Å². The molecule has 1 rings (SSSR count). The summed E-state index contributed by atoms with van der Waals surface area (Å²) in [4.78, 5) is 0. The van der Waals surface area contributed by atoms with Gasteiger partial charge in [-0.25, -0.2) is 0 Å². The Morgan fingerprint density at radius 1 is 1.40 bits per heavy atom. The van der Waals surface area contributed by atoms with Gasteiger partial charge in [-0.05, 0) is 43.4 Å². The Balaban J connectivity index is 0.00000196. The van der Waals surface area contributed by atoms with Gasteiger partial charge in [0.25, 0.3) is 0 Å². The summed E-state index contributed by atoms with van der Waals surface area (Å²) in [5.74, 6) is 0.955. The Morgan fingerprint density at radius 3 is 2.60 bits per heavy atom. The van der Waals surface area contributed by atoms with Gasteiger partial charge in [-0.3, -0.25) is 0 Å². The molecule has 0 aromatic heterocycles. The standard InChI is InChI=1S/C13H27N.ClH/c1-4-12(14)8-7-11-6-5-9-13(2,3)10-11;/h11-12H,4-10,14H2,1-3H3;1H. The van der Waals surface area contributed by atoms with Crippen LogP contribution in [0.4, 0.5) is 0 Å². The van der Waals surface area contributed by atoms with Gasteiger partial charge in [0.2, 0.25) is 0 Å². The van der Waals surface area contributed by atoms with Crippen LogP contribution in [0.15, 0.2) is 0 Å². The SMILES string of the molecule is CCC(N)CCC1CCCC(C)(C)C1.Cl. The molecule has 1 fully saturated rings. The van der Waals surface area contributed by atoms with Gasteiger partial charge in [-0.2, -0.15) is 0 Å². The van der Waals surface area contributed by atoms with Crippen molar-refractivity contribution in [1.82, 2.24) is 0 Å². The average Bonchev–Trinajstić information content (AvgIpc) is 2.12. The maximum Gasteiger partial charge on any atom is 0.00363 e. The quantitative estimate of drug-likeness (QED) is 0.776. The summed E-state index contributed by atoms with van der Waals surface area (Å²) in [6, 6.07) is 0.444. The van der Waals surface area contributed by atoms with E-state index in [0.717, 1.165) is 12.3 Å². The van der Waals surface area contributed by atoms with E-state index < -0.39 is 0 Å². The molecule has 0 radical (unpaired) electrons. The van der Waals surface area contributed by atoms with Crippen LogP contribution in [0.5, 0.6) is 0 Å².